The molecule has 0 spiro atoms. The molecule has 0 aromatic carbocycles. The zero-order valence-corrected chi connectivity index (χ0v) is 12.4. The average Bonchev–Trinajstić information content (AvgIpc) is 2.43. The highest BCUT2D eigenvalue weighted by atomic mass is 16.5. The first-order chi connectivity index (χ1) is 8.71. The van der Waals surface area contributed by atoms with E-state index in [1.165, 1.54) is 12.0 Å². The normalized spacial score (nSPS) is 22.9. The van der Waals surface area contributed by atoms with E-state index in [-0.39, 0.29) is 0 Å². The van der Waals surface area contributed by atoms with Crippen LogP contribution in [0, 0.1) is 0 Å². The van der Waals surface area contributed by atoms with Gasteiger partial charge < -0.3 is 10.1 Å². The van der Waals surface area contributed by atoms with Gasteiger partial charge in [-0.25, -0.2) is 0 Å². The third-order valence-corrected chi connectivity index (χ3v) is 3.74. The minimum Gasteiger partial charge on any atom is -0.374 e. The zero-order chi connectivity index (χ0) is 13.4. The van der Waals surface area contributed by atoms with E-state index >= 15 is 0 Å². The minimum atomic E-state index is 0.313. The Morgan fingerprint density at radius 1 is 1.44 bits per heavy atom. The summed E-state index contributed by atoms with van der Waals surface area (Å²) in [6, 6.07) is 0.423. The van der Waals surface area contributed by atoms with Crippen molar-refractivity contribution in [2.75, 3.05) is 32.8 Å². The fourth-order valence-corrected chi connectivity index (χ4v) is 2.38. The Kier molecular flexibility index (Phi) is 7.56. The van der Waals surface area contributed by atoms with Crippen LogP contribution in [0.25, 0.3) is 0 Å². The summed E-state index contributed by atoms with van der Waals surface area (Å²) < 4.78 is 5.97. The van der Waals surface area contributed by atoms with Crippen LogP contribution in [0.4, 0.5) is 0 Å². The van der Waals surface area contributed by atoms with Gasteiger partial charge >= 0.3 is 0 Å². The number of rotatable bonds is 8. The molecule has 2 atom stereocenters. The van der Waals surface area contributed by atoms with E-state index in [9.17, 15) is 0 Å². The second kappa shape index (κ2) is 8.68. The van der Waals surface area contributed by atoms with Crippen LogP contribution in [0.5, 0.6) is 0 Å². The molecule has 1 rings (SSSR count). The maximum atomic E-state index is 5.97. The molecule has 106 valence electrons. The molecule has 0 aliphatic carbocycles. The molecule has 1 N–H and O–H groups in total. The number of nitrogens with zero attached hydrogens (tertiary/aromatic N) is 1. The SMILES string of the molecule is C=C(CC)CC(NCCC)C1CN(CC)CCO1. The van der Waals surface area contributed by atoms with Gasteiger partial charge in [-0.2, -0.15) is 0 Å². The van der Waals surface area contributed by atoms with Gasteiger partial charge in [0.15, 0.2) is 0 Å². The Bertz CT molecular complexity index is 243. The first kappa shape index (κ1) is 15.7. The first-order valence-electron chi connectivity index (χ1n) is 7.45. The predicted molar refractivity (Wildman–Crippen MR) is 78.0 cm³/mol. The van der Waals surface area contributed by atoms with Crippen molar-refractivity contribution in [3.05, 3.63) is 12.2 Å². The van der Waals surface area contributed by atoms with E-state index in [0.717, 1.165) is 45.6 Å². The van der Waals surface area contributed by atoms with Gasteiger partial charge in [-0.15, -0.1) is 0 Å². The molecular weight excluding hydrogens is 224 g/mol. The van der Waals surface area contributed by atoms with Crippen LogP contribution in [-0.2, 0) is 4.74 Å². The average molecular weight is 254 g/mol. The quantitative estimate of drug-likeness (QED) is 0.673. The van der Waals surface area contributed by atoms with Gasteiger partial charge in [0.25, 0.3) is 0 Å². The Hall–Kier alpha value is -0.380. The first-order valence-corrected chi connectivity index (χ1v) is 7.45. The number of likely N-dealkylation sites (N-methyl/N-ethyl adjacent to an activating group) is 1. The number of morpholine rings is 1. The van der Waals surface area contributed by atoms with E-state index in [2.05, 4.69) is 37.6 Å². The molecule has 1 aliphatic rings. The lowest BCUT2D eigenvalue weighted by Gasteiger charge is -2.37. The molecule has 0 radical (unpaired) electrons. The lowest BCUT2D eigenvalue weighted by molar-refractivity contribution is -0.0447. The maximum absolute atomic E-state index is 5.97. The number of ether oxygens (including phenoxy) is 1. The molecule has 0 bridgehead atoms. The molecule has 3 nitrogen and oxygen atoms in total. The van der Waals surface area contributed by atoms with Crippen LogP contribution >= 0.6 is 0 Å². The predicted octanol–water partition coefficient (Wildman–Crippen LogP) is 2.43. The standard InChI is InChI=1S/C15H30N2O/c1-5-8-16-14(11-13(4)6-2)15-12-17(7-3)9-10-18-15/h14-16H,4-12H2,1-3H3. The lowest BCUT2D eigenvalue weighted by Crippen LogP contribution is -2.52. The lowest BCUT2D eigenvalue weighted by atomic mass is 9.99. The summed E-state index contributed by atoms with van der Waals surface area (Å²) in [5, 5.41) is 3.64. The Balaban J connectivity index is 2.53. The van der Waals surface area contributed by atoms with Gasteiger partial charge in [-0.05, 0) is 32.4 Å². The van der Waals surface area contributed by atoms with E-state index in [1.54, 1.807) is 0 Å². The van der Waals surface area contributed by atoms with E-state index in [4.69, 9.17) is 4.74 Å². The highest BCUT2D eigenvalue weighted by Gasteiger charge is 2.27. The molecule has 18 heavy (non-hydrogen) atoms. The molecule has 2 unspecified atom stereocenters. The fraction of sp³-hybridized carbons (Fsp3) is 0.867. The second-order valence-electron chi connectivity index (χ2n) is 5.17. The summed E-state index contributed by atoms with van der Waals surface area (Å²) in [5.41, 5.74) is 1.32. The van der Waals surface area contributed by atoms with Crippen molar-refractivity contribution in [2.24, 2.45) is 0 Å². The van der Waals surface area contributed by atoms with Crippen LogP contribution in [0.2, 0.25) is 0 Å². The van der Waals surface area contributed by atoms with Crippen molar-refractivity contribution in [3.8, 4) is 0 Å². The van der Waals surface area contributed by atoms with Gasteiger partial charge in [-0.1, -0.05) is 32.9 Å². The molecule has 1 aliphatic heterocycles. The van der Waals surface area contributed by atoms with Crippen LogP contribution in [0.1, 0.15) is 40.0 Å². The summed E-state index contributed by atoms with van der Waals surface area (Å²) in [5.74, 6) is 0. The van der Waals surface area contributed by atoms with Gasteiger partial charge in [0.2, 0.25) is 0 Å². The van der Waals surface area contributed by atoms with E-state index in [0.29, 0.717) is 12.1 Å². The maximum Gasteiger partial charge on any atom is 0.0858 e. The van der Waals surface area contributed by atoms with Gasteiger partial charge in [0.1, 0.15) is 0 Å². The fourth-order valence-electron chi connectivity index (χ4n) is 2.38. The molecule has 1 fully saturated rings. The molecule has 0 saturated carbocycles. The van der Waals surface area contributed by atoms with Crippen molar-refractivity contribution in [2.45, 2.75) is 52.2 Å². The van der Waals surface area contributed by atoms with Gasteiger partial charge in [-0.3, -0.25) is 4.90 Å². The zero-order valence-electron chi connectivity index (χ0n) is 12.4. The highest BCUT2D eigenvalue weighted by molar-refractivity contribution is 4.99. The number of hydrogen-bond acceptors (Lipinski definition) is 3. The topological polar surface area (TPSA) is 24.5 Å². The molecule has 1 saturated heterocycles. The molecule has 3 heteroatoms. The van der Waals surface area contributed by atoms with Crippen molar-refractivity contribution in [3.63, 3.8) is 0 Å². The third kappa shape index (κ3) is 5.09. The summed E-state index contributed by atoms with van der Waals surface area (Å²) >= 11 is 0. The molecular formula is C15H30N2O. The monoisotopic (exact) mass is 254 g/mol. The molecule has 0 aromatic heterocycles. The van der Waals surface area contributed by atoms with Crippen LogP contribution in [0.3, 0.4) is 0 Å². The van der Waals surface area contributed by atoms with Gasteiger partial charge in [0, 0.05) is 19.1 Å². The summed E-state index contributed by atoms with van der Waals surface area (Å²) in [7, 11) is 0. The largest absolute Gasteiger partial charge is 0.374 e. The van der Waals surface area contributed by atoms with Crippen LogP contribution in [0.15, 0.2) is 12.2 Å². The van der Waals surface area contributed by atoms with Gasteiger partial charge in [0.05, 0.1) is 12.7 Å². The number of hydrogen-bond donors (Lipinski definition) is 1. The Labute approximate surface area is 113 Å². The molecule has 1 heterocycles. The number of nitrogens with one attached hydrogen (secondary N) is 1. The van der Waals surface area contributed by atoms with E-state index in [1.807, 2.05) is 0 Å². The van der Waals surface area contributed by atoms with Crippen molar-refractivity contribution < 1.29 is 4.74 Å². The van der Waals surface area contributed by atoms with Crippen molar-refractivity contribution >= 4 is 0 Å². The van der Waals surface area contributed by atoms with E-state index < -0.39 is 0 Å². The smallest absolute Gasteiger partial charge is 0.0858 e. The summed E-state index contributed by atoms with van der Waals surface area (Å²) in [6.07, 6.45) is 3.58. The summed E-state index contributed by atoms with van der Waals surface area (Å²) in [6.45, 7) is 15.9. The van der Waals surface area contributed by atoms with Crippen LogP contribution < -0.4 is 5.32 Å². The van der Waals surface area contributed by atoms with Crippen molar-refractivity contribution in [1.82, 2.24) is 10.2 Å². The Morgan fingerprint density at radius 3 is 2.83 bits per heavy atom. The Morgan fingerprint density at radius 2 is 2.22 bits per heavy atom. The van der Waals surface area contributed by atoms with Crippen molar-refractivity contribution in [1.29, 1.82) is 0 Å². The molecule has 0 amide bonds. The highest BCUT2D eigenvalue weighted by Crippen LogP contribution is 2.16. The molecule has 0 aromatic rings. The second-order valence-corrected chi connectivity index (χ2v) is 5.17. The summed E-state index contributed by atoms with van der Waals surface area (Å²) in [4.78, 5) is 2.48. The van der Waals surface area contributed by atoms with Crippen LogP contribution in [-0.4, -0.2) is 49.8 Å². The third-order valence-electron chi connectivity index (χ3n) is 3.74. The minimum absolute atomic E-state index is 0.313.